The van der Waals surface area contributed by atoms with Gasteiger partial charge < -0.3 is 42.8 Å². The molecular formula is C48H69NO11. The summed E-state index contributed by atoms with van der Waals surface area (Å²) in [7, 11) is 6.79. The van der Waals surface area contributed by atoms with E-state index < -0.39 is 30.7 Å². The molecule has 0 spiro atoms. The minimum atomic E-state index is -0.619. The summed E-state index contributed by atoms with van der Waals surface area (Å²) in [5.74, 6) is -0.437. The number of carbonyl (C=O) groups is 3. The molecule has 0 radical (unpaired) electrons. The van der Waals surface area contributed by atoms with E-state index >= 15 is 0 Å². The molecule has 3 saturated heterocycles. The van der Waals surface area contributed by atoms with Crippen LogP contribution in [0, 0.1) is 41.4 Å². The lowest BCUT2D eigenvalue weighted by atomic mass is 9.70. The van der Waals surface area contributed by atoms with Crippen molar-refractivity contribution in [3.8, 4) is 0 Å². The summed E-state index contributed by atoms with van der Waals surface area (Å²) in [6.07, 6.45) is 8.55. The number of carbonyl (C=O) groups excluding carboxylic acids is 3. The van der Waals surface area contributed by atoms with Gasteiger partial charge in [0.25, 0.3) is 5.91 Å². The van der Waals surface area contributed by atoms with Crippen LogP contribution >= 0.6 is 0 Å². The second-order valence-corrected chi connectivity index (χ2v) is 18.4. The molecule has 12 nitrogen and oxygen atoms in total. The Morgan fingerprint density at radius 3 is 2.23 bits per heavy atom. The largest absolute Gasteiger partial charge is 0.462 e. The number of benzene rings is 1. The maximum absolute atomic E-state index is 14.9. The number of amides is 1. The van der Waals surface area contributed by atoms with Crippen LogP contribution in [0.5, 0.6) is 0 Å². The van der Waals surface area contributed by atoms with Gasteiger partial charge in [-0.05, 0) is 100 Å². The van der Waals surface area contributed by atoms with Crippen LogP contribution in [0.4, 0.5) is 0 Å². The molecule has 3 aliphatic carbocycles. The number of cyclic esters (lactones) is 1. The van der Waals surface area contributed by atoms with Gasteiger partial charge >= 0.3 is 5.97 Å². The van der Waals surface area contributed by atoms with Crippen molar-refractivity contribution < 1.29 is 52.3 Å². The number of ketones is 1. The number of allylic oxidation sites excluding steroid dienone is 4. The molecule has 18 atom stereocenters. The maximum Gasteiger partial charge on any atom is 0.306 e. The van der Waals surface area contributed by atoms with E-state index in [1.807, 2.05) is 58.2 Å². The van der Waals surface area contributed by atoms with Gasteiger partial charge in [0.05, 0.1) is 36.9 Å². The summed E-state index contributed by atoms with van der Waals surface area (Å²) in [4.78, 5) is 43.7. The molecular weight excluding hydrogens is 767 g/mol. The van der Waals surface area contributed by atoms with Crippen LogP contribution in [0.15, 0.2) is 54.1 Å². The topological polar surface area (TPSA) is 128 Å². The Hall–Kier alpha value is -2.97. The van der Waals surface area contributed by atoms with Crippen LogP contribution < -0.4 is 0 Å². The number of fused-ring (bicyclic) bond motifs is 5. The van der Waals surface area contributed by atoms with E-state index in [0.29, 0.717) is 24.8 Å². The van der Waals surface area contributed by atoms with E-state index in [1.165, 1.54) is 0 Å². The van der Waals surface area contributed by atoms with Gasteiger partial charge in [0.2, 0.25) is 0 Å². The van der Waals surface area contributed by atoms with Crippen molar-refractivity contribution in [2.24, 2.45) is 41.4 Å². The molecule has 0 N–H and O–H groups in total. The van der Waals surface area contributed by atoms with E-state index in [1.54, 1.807) is 26.2 Å². The Balaban J connectivity index is 1.08. The van der Waals surface area contributed by atoms with Crippen LogP contribution in [0.2, 0.25) is 0 Å². The van der Waals surface area contributed by atoms with Gasteiger partial charge in [-0.25, -0.2) is 0 Å². The van der Waals surface area contributed by atoms with Crippen molar-refractivity contribution in [2.75, 3.05) is 28.4 Å². The first-order chi connectivity index (χ1) is 28.9. The fraction of sp³-hybridized carbons (Fsp3) is 0.729. The zero-order chi connectivity index (χ0) is 42.8. The van der Waals surface area contributed by atoms with Crippen LogP contribution in [0.1, 0.15) is 96.3 Å². The Morgan fingerprint density at radius 2 is 1.53 bits per heavy atom. The second kappa shape index (κ2) is 19.6. The quantitative estimate of drug-likeness (QED) is 0.180. The number of hydrogen-bond acceptors (Lipinski definition) is 11. The summed E-state index contributed by atoms with van der Waals surface area (Å²) in [5, 5.41) is 0. The number of methoxy groups -OCH3 is 3. The first-order valence-electron chi connectivity index (χ1n) is 22.5. The number of Topliss-reactive ketones (excluding diaryl/α,β-unsaturated/α-hetero) is 1. The summed E-state index contributed by atoms with van der Waals surface area (Å²) in [5.41, 5.74) is 1.36. The zero-order valence-corrected chi connectivity index (χ0v) is 37.1. The van der Waals surface area contributed by atoms with Gasteiger partial charge in [0, 0.05) is 51.7 Å². The molecule has 3 heterocycles. The van der Waals surface area contributed by atoms with Crippen molar-refractivity contribution in [3.05, 3.63) is 59.7 Å². The fourth-order valence-electron chi connectivity index (χ4n) is 11.4. The minimum Gasteiger partial charge on any atom is -0.462 e. The lowest BCUT2D eigenvalue weighted by molar-refractivity contribution is -0.314. The molecule has 7 rings (SSSR count). The number of esters is 1. The Labute approximate surface area is 356 Å². The first kappa shape index (κ1) is 45.1. The van der Waals surface area contributed by atoms with E-state index in [-0.39, 0.29) is 102 Å². The summed E-state index contributed by atoms with van der Waals surface area (Å²) >= 11 is 0. The summed E-state index contributed by atoms with van der Waals surface area (Å²) in [6.45, 7) is 10.1. The monoisotopic (exact) mass is 835 g/mol. The highest BCUT2D eigenvalue weighted by molar-refractivity contribution is 5.99. The predicted molar refractivity (Wildman–Crippen MR) is 224 cm³/mol. The number of ether oxygens (including phenoxy) is 8. The normalized spacial score (nSPS) is 42.2. The van der Waals surface area contributed by atoms with Crippen LogP contribution in [0.25, 0.3) is 0 Å². The predicted octanol–water partition coefficient (Wildman–Crippen LogP) is 6.94. The van der Waals surface area contributed by atoms with E-state index in [4.69, 9.17) is 37.9 Å². The Bertz CT molecular complexity index is 1700. The summed E-state index contributed by atoms with van der Waals surface area (Å²) in [6, 6.07) is 9.20. The van der Waals surface area contributed by atoms with Gasteiger partial charge in [-0.2, -0.15) is 0 Å². The highest BCUT2D eigenvalue weighted by atomic mass is 16.7. The molecule has 4 fully saturated rings. The Kier molecular flexibility index (Phi) is 14.7. The molecule has 60 heavy (non-hydrogen) atoms. The molecule has 332 valence electrons. The van der Waals surface area contributed by atoms with Gasteiger partial charge in [0.1, 0.15) is 24.4 Å². The number of likely N-dealkylation sites (N-methyl/N-ethyl adjacent to an activating group) is 1. The molecule has 1 aromatic carbocycles. The number of hydrogen-bond donors (Lipinski definition) is 0. The minimum absolute atomic E-state index is 0.000774. The highest BCUT2D eigenvalue weighted by Crippen LogP contribution is 2.54. The van der Waals surface area contributed by atoms with Crippen LogP contribution in [0.3, 0.4) is 0 Å². The van der Waals surface area contributed by atoms with Gasteiger partial charge in [0.15, 0.2) is 18.4 Å². The molecule has 1 saturated carbocycles. The molecule has 1 amide bonds. The molecule has 3 aliphatic heterocycles. The first-order valence-corrected chi connectivity index (χ1v) is 22.5. The third-order valence-electron chi connectivity index (χ3n) is 14.8. The molecule has 0 bridgehead atoms. The standard InChI is InChI=1S/C48H69NO11/c1-10-32-17-14-18-40(60-47-26(2)21-39(28(4)56-47)49(6)46(52)30-15-12-11-13-16-30)27(3)42(51)38-24-36-34(37(38)25-41(50)58-32)20-19-31-22-33(23-35(31)36)59-48-45(55-9)44(54-8)43(53-7)29(5)57-48/h11-13,15-16,19-20,24,26-29,31-37,39-40,43-45,47-48H,10,14,17-18,21-23,25H2,1-9H3/t26-,27-,28?,29?,31-,32+,33-,34-,35-,36-,37+,39+,40+,43+,44?,45?,47+,48-/m1/s1. The molecule has 0 aromatic heterocycles. The third-order valence-corrected chi connectivity index (χ3v) is 14.8. The molecule has 6 aliphatic rings. The van der Waals surface area contributed by atoms with Crippen LogP contribution in [-0.2, 0) is 47.5 Å². The maximum atomic E-state index is 14.9. The highest BCUT2D eigenvalue weighted by Gasteiger charge is 2.53. The SMILES string of the molecule is CC[C@H]1CCC[C@H](O[C@@H]2OC(C)[C@@H](N(C)C(=O)c3ccccc3)C[C@H]2C)[C@@H](C)C(=O)C2=C[C@@H]3[C@@H](C=C[C@@H]4C[C@@H](O[C@H]5OC(C)[C@H](OC)C(OC)C5OC)C[C@@H]34)[C@@H]2CC(=O)O1. The third kappa shape index (κ3) is 9.22. The van der Waals surface area contributed by atoms with Gasteiger partial charge in [-0.3, -0.25) is 14.4 Å². The summed E-state index contributed by atoms with van der Waals surface area (Å²) < 4.78 is 50.1. The van der Waals surface area contributed by atoms with E-state index in [9.17, 15) is 14.4 Å². The van der Waals surface area contributed by atoms with E-state index in [0.717, 1.165) is 31.3 Å². The molecule has 1 aromatic rings. The van der Waals surface area contributed by atoms with Gasteiger partial charge in [-0.1, -0.05) is 57.2 Å². The Morgan fingerprint density at radius 1 is 0.817 bits per heavy atom. The lowest BCUT2D eigenvalue weighted by Gasteiger charge is -2.44. The van der Waals surface area contributed by atoms with Crippen molar-refractivity contribution in [1.82, 2.24) is 4.90 Å². The number of nitrogens with zero attached hydrogens (tertiary/aromatic N) is 1. The fourth-order valence-corrected chi connectivity index (χ4v) is 11.4. The van der Waals surface area contributed by atoms with Crippen molar-refractivity contribution >= 4 is 17.7 Å². The molecule has 12 heteroatoms. The molecule has 4 unspecified atom stereocenters. The average Bonchev–Trinajstić information content (AvgIpc) is 3.83. The van der Waals surface area contributed by atoms with Crippen molar-refractivity contribution in [2.45, 2.75) is 153 Å². The van der Waals surface area contributed by atoms with Crippen molar-refractivity contribution in [1.29, 1.82) is 0 Å². The smallest absolute Gasteiger partial charge is 0.306 e. The lowest BCUT2D eigenvalue weighted by Crippen LogP contribution is -2.59. The van der Waals surface area contributed by atoms with E-state index in [2.05, 4.69) is 32.1 Å². The van der Waals surface area contributed by atoms with Crippen molar-refractivity contribution in [3.63, 3.8) is 0 Å². The van der Waals surface area contributed by atoms with Gasteiger partial charge in [-0.15, -0.1) is 0 Å². The van der Waals surface area contributed by atoms with Crippen LogP contribution in [-0.4, -0.2) is 118 Å². The average molecular weight is 836 g/mol. The zero-order valence-electron chi connectivity index (χ0n) is 37.1. The second-order valence-electron chi connectivity index (χ2n) is 18.4. The number of rotatable bonds is 10.